The van der Waals surface area contributed by atoms with E-state index in [1.165, 1.54) is 0 Å². The molecule has 2 aromatic heterocycles. The zero-order valence-electron chi connectivity index (χ0n) is 16.4. The van der Waals surface area contributed by atoms with E-state index >= 15 is 0 Å². The van der Waals surface area contributed by atoms with Crippen LogP contribution in [0.3, 0.4) is 0 Å². The summed E-state index contributed by atoms with van der Waals surface area (Å²) in [5, 5.41) is 9.59. The molecule has 0 amide bonds. The molecule has 0 aliphatic rings. The summed E-state index contributed by atoms with van der Waals surface area (Å²) in [6, 6.07) is 26.8. The number of benzene rings is 3. The second-order valence-electron chi connectivity index (χ2n) is 6.92. The van der Waals surface area contributed by atoms with Crippen molar-refractivity contribution in [2.24, 2.45) is 5.14 Å². The average Bonchev–Trinajstić information content (AvgIpc) is 3.34. The van der Waals surface area contributed by atoms with Gasteiger partial charge in [-0.05, 0) is 54.6 Å². The first-order chi connectivity index (χ1) is 15.2. The van der Waals surface area contributed by atoms with Gasteiger partial charge in [0.15, 0.2) is 0 Å². The number of fused-ring (bicyclic) bond motifs is 1. The molecule has 152 valence electrons. The van der Waals surface area contributed by atoms with Gasteiger partial charge >= 0.3 is 0 Å². The van der Waals surface area contributed by atoms with Crippen molar-refractivity contribution < 1.29 is 8.63 Å². The summed E-state index contributed by atoms with van der Waals surface area (Å²) < 4.78 is 17.0. The minimum atomic E-state index is -1.51. The van der Waals surface area contributed by atoms with Crippen LogP contribution in [-0.2, 0) is 11.0 Å². The normalized spacial score (nSPS) is 12.0. The van der Waals surface area contributed by atoms with Crippen molar-refractivity contribution in [2.45, 2.75) is 4.90 Å². The van der Waals surface area contributed by atoms with Crippen molar-refractivity contribution in [1.29, 1.82) is 0 Å². The van der Waals surface area contributed by atoms with Gasteiger partial charge in [-0.1, -0.05) is 30.3 Å². The highest BCUT2D eigenvalue weighted by atomic mass is 32.2. The third-order valence-corrected chi connectivity index (χ3v) is 5.63. The van der Waals surface area contributed by atoms with Gasteiger partial charge in [-0.15, -0.1) is 0 Å². The molecule has 5 aromatic rings. The summed E-state index contributed by atoms with van der Waals surface area (Å²) >= 11 is 0. The van der Waals surface area contributed by atoms with E-state index in [-0.39, 0.29) is 0 Å². The van der Waals surface area contributed by atoms with E-state index < -0.39 is 11.0 Å². The topological polar surface area (TPSA) is 94.0 Å². The fraction of sp³-hybridized carbons (Fsp3) is 0. The van der Waals surface area contributed by atoms with Gasteiger partial charge in [-0.2, -0.15) is 0 Å². The van der Waals surface area contributed by atoms with E-state index in [1.54, 1.807) is 30.5 Å². The van der Waals surface area contributed by atoms with Gasteiger partial charge in [0.2, 0.25) is 5.95 Å². The zero-order valence-corrected chi connectivity index (χ0v) is 17.2. The zero-order chi connectivity index (χ0) is 21.2. The molecule has 6 nitrogen and oxygen atoms in total. The van der Waals surface area contributed by atoms with Gasteiger partial charge < -0.3 is 9.73 Å². The van der Waals surface area contributed by atoms with Gasteiger partial charge in [-0.3, -0.25) is 0 Å². The van der Waals surface area contributed by atoms with Gasteiger partial charge in [-0.25, -0.2) is 19.3 Å². The second kappa shape index (κ2) is 8.14. The largest absolute Gasteiger partial charge is 0.464 e. The molecule has 0 fully saturated rings. The van der Waals surface area contributed by atoms with Crippen LogP contribution in [0.15, 0.2) is 101 Å². The molecule has 3 aromatic carbocycles. The quantitative estimate of drug-likeness (QED) is 0.399. The first-order valence-corrected chi connectivity index (χ1v) is 10.8. The lowest BCUT2D eigenvalue weighted by atomic mass is 10.0. The Morgan fingerprint density at radius 3 is 2.35 bits per heavy atom. The smallest absolute Gasteiger partial charge is 0.228 e. The lowest BCUT2D eigenvalue weighted by molar-refractivity contribution is 0.582. The Bertz CT molecular complexity index is 1370. The van der Waals surface area contributed by atoms with Gasteiger partial charge in [0.05, 0.1) is 22.4 Å². The summed E-state index contributed by atoms with van der Waals surface area (Å²) in [4.78, 5) is 10.1. The fourth-order valence-corrected chi connectivity index (χ4v) is 3.80. The molecule has 5 rings (SSSR count). The number of nitrogens with two attached hydrogens (primary N) is 1. The van der Waals surface area contributed by atoms with Crippen molar-refractivity contribution in [3.63, 3.8) is 0 Å². The van der Waals surface area contributed by atoms with E-state index in [0.29, 0.717) is 10.8 Å². The number of aromatic nitrogens is 2. The number of furan rings is 1. The SMILES string of the molecule is NS(=O)c1ccc(Nc2nc(-c3ccccc3)c3cc(-c4ccco4)ccc3n2)cc1. The van der Waals surface area contributed by atoms with Crippen molar-refractivity contribution >= 4 is 33.5 Å². The van der Waals surface area contributed by atoms with E-state index in [9.17, 15) is 4.21 Å². The number of nitrogens with one attached hydrogen (secondary N) is 1. The second-order valence-corrected chi connectivity index (χ2v) is 7.98. The molecular formula is C24H18N4O2S. The van der Waals surface area contributed by atoms with Crippen LogP contribution in [0.5, 0.6) is 0 Å². The molecule has 1 unspecified atom stereocenters. The molecule has 0 spiro atoms. The number of anilines is 2. The standard InChI is InChI=1S/C24H18N4O2S/c25-31(29)19-11-9-18(10-12-19)26-24-27-21-13-8-17(22-7-4-14-30-22)15-20(21)23(28-24)16-5-2-1-3-6-16/h1-15H,25H2,(H,26,27,28). The van der Waals surface area contributed by atoms with Gasteiger partial charge in [0.1, 0.15) is 16.7 Å². The van der Waals surface area contributed by atoms with Crippen molar-refractivity contribution in [2.75, 3.05) is 5.32 Å². The van der Waals surface area contributed by atoms with Crippen LogP contribution in [0.1, 0.15) is 0 Å². The third-order valence-electron chi connectivity index (χ3n) is 4.89. The maximum absolute atomic E-state index is 11.4. The molecule has 0 saturated carbocycles. The minimum absolute atomic E-state index is 0.471. The molecular weight excluding hydrogens is 408 g/mol. The van der Waals surface area contributed by atoms with E-state index in [1.807, 2.05) is 60.7 Å². The van der Waals surface area contributed by atoms with Crippen LogP contribution in [0.2, 0.25) is 0 Å². The first-order valence-electron chi connectivity index (χ1n) is 9.62. The molecule has 3 N–H and O–H groups in total. The average molecular weight is 427 g/mol. The molecule has 0 radical (unpaired) electrons. The first kappa shape index (κ1) is 19.2. The Balaban J connectivity index is 1.61. The Morgan fingerprint density at radius 1 is 0.839 bits per heavy atom. The molecule has 31 heavy (non-hydrogen) atoms. The van der Waals surface area contributed by atoms with E-state index in [2.05, 4.69) is 5.32 Å². The van der Waals surface area contributed by atoms with Crippen molar-refractivity contribution in [1.82, 2.24) is 9.97 Å². The summed E-state index contributed by atoms with van der Waals surface area (Å²) in [6.45, 7) is 0. The maximum Gasteiger partial charge on any atom is 0.228 e. The highest BCUT2D eigenvalue weighted by Gasteiger charge is 2.12. The third kappa shape index (κ3) is 3.96. The van der Waals surface area contributed by atoms with Gasteiger partial charge in [0, 0.05) is 22.2 Å². The van der Waals surface area contributed by atoms with Crippen LogP contribution in [-0.4, -0.2) is 14.2 Å². The molecule has 7 heteroatoms. The van der Waals surface area contributed by atoms with Crippen molar-refractivity contribution in [3.05, 3.63) is 91.2 Å². The fourth-order valence-electron chi connectivity index (χ4n) is 3.40. The van der Waals surface area contributed by atoms with Crippen LogP contribution < -0.4 is 10.5 Å². The number of nitrogens with zero attached hydrogens (tertiary/aromatic N) is 2. The van der Waals surface area contributed by atoms with Gasteiger partial charge in [0.25, 0.3) is 0 Å². The van der Waals surface area contributed by atoms with E-state index in [4.69, 9.17) is 19.5 Å². The summed E-state index contributed by atoms with van der Waals surface area (Å²) in [5.74, 6) is 1.26. The van der Waals surface area contributed by atoms with Crippen LogP contribution >= 0.6 is 0 Å². The Labute approximate surface area is 181 Å². The maximum atomic E-state index is 11.4. The predicted molar refractivity (Wildman–Crippen MR) is 123 cm³/mol. The highest BCUT2D eigenvalue weighted by molar-refractivity contribution is 7.82. The minimum Gasteiger partial charge on any atom is -0.464 e. The lowest BCUT2D eigenvalue weighted by Gasteiger charge is -2.12. The molecule has 0 aliphatic heterocycles. The molecule has 2 heterocycles. The number of hydrogen-bond acceptors (Lipinski definition) is 5. The Morgan fingerprint density at radius 2 is 1.65 bits per heavy atom. The molecule has 0 saturated heterocycles. The lowest BCUT2D eigenvalue weighted by Crippen LogP contribution is -2.03. The van der Waals surface area contributed by atoms with Crippen LogP contribution in [0.4, 0.5) is 11.6 Å². The van der Waals surface area contributed by atoms with Crippen molar-refractivity contribution in [3.8, 4) is 22.6 Å². The van der Waals surface area contributed by atoms with Crippen LogP contribution in [0, 0.1) is 0 Å². The molecule has 0 aliphatic carbocycles. The summed E-state index contributed by atoms with van der Waals surface area (Å²) in [6.07, 6.45) is 1.66. The monoisotopic (exact) mass is 426 g/mol. The van der Waals surface area contributed by atoms with E-state index in [0.717, 1.165) is 39.2 Å². The van der Waals surface area contributed by atoms with Crippen LogP contribution in [0.25, 0.3) is 33.5 Å². The predicted octanol–water partition coefficient (Wildman–Crippen LogP) is 5.28. The Hall–Kier alpha value is -3.81. The number of rotatable bonds is 5. The molecule has 1 atom stereocenters. The Kier molecular flexibility index (Phi) is 5.03. The molecule has 0 bridgehead atoms. The summed E-state index contributed by atoms with van der Waals surface area (Å²) in [5.41, 5.74) is 4.36. The summed E-state index contributed by atoms with van der Waals surface area (Å²) in [7, 11) is -1.51. The highest BCUT2D eigenvalue weighted by Crippen LogP contribution is 2.32. The number of hydrogen-bond donors (Lipinski definition) is 2.